The Kier molecular flexibility index (Phi) is 2.93. The summed E-state index contributed by atoms with van der Waals surface area (Å²) in [4.78, 5) is 11.5. The summed E-state index contributed by atoms with van der Waals surface area (Å²) in [5.41, 5.74) is 0.00186. The molecule has 1 fully saturated rings. The molecule has 0 aromatic carbocycles. The summed E-state index contributed by atoms with van der Waals surface area (Å²) in [6.07, 6.45) is 3.00. The smallest absolute Gasteiger partial charge is 0.306 e. The van der Waals surface area contributed by atoms with Crippen LogP contribution in [0.1, 0.15) is 53.9 Å². The maximum Gasteiger partial charge on any atom is 0.306 e. The summed E-state index contributed by atoms with van der Waals surface area (Å²) in [7, 11) is 0. The number of hydrogen-bond donors (Lipinski definition) is 0. The topological polar surface area (TPSA) is 26.3 Å². The molecule has 0 aliphatic heterocycles. The van der Waals surface area contributed by atoms with Gasteiger partial charge in [-0.3, -0.25) is 4.79 Å². The first kappa shape index (κ1) is 11.5. The van der Waals surface area contributed by atoms with Crippen LogP contribution < -0.4 is 0 Å². The van der Waals surface area contributed by atoms with E-state index in [2.05, 4.69) is 13.8 Å². The molecule has 0 aromatic rings. The fraction of sp³-hybridized carbons (Fsp3) is 0.917. The Balaban J connectivity index is 2.35. The maximum atomic E-state index is 11.5. The second kappa shape index (κ2) is 3.56. The summed E-state index contributed by atoms with van der Waals surface area (Å²) in [5.74, 6) is 0.479. The Labute approximate surface area is 87.0 Å². The molecule has 1 atom stereocenters. The number of ether oxygens (including phenoxy) is 1. The van der Waals surface area contributed by atoms with E-state index in [9.17, 15) is 4.79 Å². The lowest BCUT2D eigenvalue weighted by atomic mass is 9.61. The van der Waals surface area contributed by atoms with Crippen LogP contribution in [0.15, 0.2) is 0 Å². The summed E-state index contributed by atoms with van der Waals surface area (Å²) < 4.78 is 5.30. The van der Waals surface area contributed by atoms with Gasteiger partial charge in [0, 0.05) is 6.42 Å². The van der Waals surface area contributed by atoms with Crippen LogP contribution in [0, 0.1) is 11.3 Å². The van der Waals surface area contributed by atoms with Crippen molar-refractivity contribution in [3.05, 3.63) is 0 Å². The molecule has 82 valence electrons. The highest BCUT2D eigenvalue weighted by Crippen LogP contribution is 2.47. The molecule has 1 unspecified atom stereocenters. The second-order valence-electron chi connectivity index (χ2n) is 6.01. The lowest BCUT2D eigenvalue weighted by Gasteiger charge is -2.44. The van der Waals surface area contributed by atoms with Gasteiger partial charge in [-0.25, -0.2) is 0 Å². The first-order valence-electron chi connectivity index (χ1n) is 5.42. The minimum atomic E-state index is -0.342. The molecule has 0 radical (unpaired) electrons. The predicted octanol–water partition coefficient (Wildman–Crippen LogP) is 3.15. The SMILES string of the molecule is CC(C)(C)OC(=O)CC1CCC1(C)C. The zero-order valence-corrected chi connectivity index (χ0v) is 10.0. The molecule has 1 rings (SSSR count). The molecule has 1 saturated carbocycles. The quantitative estimate of drug-likeness (QED) is 0.637. The zero-order valence-electron chi connectivity index (χ0n) is 10.0. The first-order chi connectivity index (χ1) is 6.21. The molecule has 0 aromatic heterocycles. The van der Waals surface area contributed by atoms with Crippen LogP contribution in [0.5, 0.6) is 0 Å². The van der Waals surface area contributed by atoms with Crippen molar-refractivity contribution in [2.24, 2.45) is 11.3 Å². The van der Waals surface area contributed by atoms with Gasteiger partial charge in [0.15, 0.2) is 0 Å². The lowest BCUT2D eigenvalue weighted by molar-refractivity contribution is -0.158. The number of carbonyl (C=O) groups excluding carboxylic acids is 1. The van der Waals surface area contributed by atoms with Gasteiger partial charge in [0.1, 0.15) is 5.60 Å². The number of hydrogen-bond acceptors (Lipinski definition) is 2. The first-order valence-corrected chi connectivity index (χ1v) is 5.42. The van der Waals surface area contributed by atoms with Crippen molar-refractivity contribution in [1.82, 2.24) is 0 Å². The predicted molar refractivity (Wildman–Crippen MR) is 57.0 cm³/mol. The van der Waals surface area contributed by atoms with Crippen LogP contribution in [0.2, 0.25) is 0 Å². The van der Waals surface area contributed by atoms with Gasteiger partial charge in [-0.2, -0.15) is 0 Å². The third-order valence-corrected chi connectivity index (χ3v) is 3.08. The van der Waals surface area contributed by atoms with E-state index in [-0.39, 0.29) is 11.6 Å². The molecule has 2 heteroatoms. The van der Waals surface area contributed by atoms with Crippen molar-refractivity contribution < 1.29 is 9.53 Å². The van der Waals surface area contributed by atoms with Gasteiger partial charge in [0.2, 0.25) is 0 Å². The van der Waals surface area contributed by atoms with Gasteiger partial charge < -0.3 is 4.74 Å². The average molecular weight is 198 g/mol. The monoisotopic (exact) mass is 198 g/mol. The zero-order chi connectivity index (χ0) is 11.0. The van der Waals surface area contributed by atoms with E-state index in [1.807, 2.05) is 20.8 Å². The Hall–Kier alpha value is -0.530. The fourth-order valence-corrected chi connectivity index (χ4v) is 1.89. The highest BCUT2D eigenvalue weighted by atomic mass is 16.6. The van der Waals surface area contributed by atoms with Crippen LogP contribution in [0.3, 0.4) is 0 Å². The average Bonchev–Trinajstić information content (AvgIpc) is 1.95. The van der Waals surface area contributed by atoms with Crippen LogP contribution >= 0.6 is 0 Å². The highest BCUT2D eigenvalue weighted by Gasteiger charge is 2.40. The minimum absolute atomic E-state index is 0.0460. The van der Waals surface area contributed by atoms with Gasteiger partial charge in [0.25, 0.3) is 0 Å². The van der Waals surface area contributed by atoms with Gasteiger partial charge in [-0.1, -0.05) is 13.8 Å². The summed E-state index contributed by atoms with van der Waals surface area (Å²) >= 11 is 0. The molecular formula is C12H22O2. The van der Waals surface area contributed by atoms with E-state index in [0.29, 0.717) is 17.8 Å². The number of rotatable bonds is 2. The van der Waals surface area contributed by atoms with Crippen molar-refractivity contribution in [2.45, 2.75) is 59.5 Å². The minimum Gasteiger partial charge on any atom is -0.460 e. The van der Waals surface area contributed by atoms with E-state index in [4.69, 9.17) is 4.74 Å². The van der Waals surface area contributed by atoms with Crippen molar-refractivity contribution in [1.29, 1.82) is 0 Å². The van der Waals surface area contributed by atoms with Crippen LogP contribution in [-0.2, 0) is 9.53 Å². The maximum absolute atomic E-state index is 11.5. The standard InChI is InChI=1S/C12H22O2/c1-11(2,3)14-10(13)8-9-6-7-12(9,4)5/h9H,6-8H2,1-5H3. The van der Waals surface area contributed by atoms with E-state index < -0.39 is 0 Å². The van der Waals surface area contributed by atoms with Gasteiger partial charge in [-0.15, -0.1) is 0 Å². The number of carbonyl (C=O) groups is 1. The van der Waals surface area contributed by atoms with Crippen molar-refractivity contribution in [3.63, 3.8) is 0 Å². The van der Waals surface area contributed by atoms with Gasteiger partial charge in [-0.05, 0) is 44.9 Å². The molecule has 0 spiro atoms. The van der Waals surface area contributed by atoms with Crippen LogP contribution in [0.25, 0.3) is 0 Å². The summed E-state index contributed by atoms with van der Waals surface area (Å²) in [5, 5.41) is 0. The Morgan fingerprint density at radius 2 is 2.00 bits per heavy atom. The Bertz CT molecular complexity index is 223. The van der Waals surface area contributed by atoms with Crippen LogP contribution in [-0.4, -0.2) is 11.6 Å². The molecule has 0 N–H and O–H groups in total. The normalized spacial score (nSPS) is 25.4. The Morgan fingerprint density at radius 3 is 2.29 bits per heavy atom. The molecule has 1 aliphatic carbocycles. The molecule has 14 heavy (non-hydrogen) atoms. The van der Waals surface area contributed by atoms with Gasteiger partial charge in [0.05, 0.1) is 0 Å². The molecular weight excluding hydrogens is 176 g/mol. The molecule has 0 amide bonds. The van der Waals surface area contributed by atoms with E-state index >= 15 is 0 Å². The van der Waals surface area contributed by atoms with Gasteiger partial charge >= 0.3 is 5.97 Å². The van der Waals surface area contributed by atoms with E-state index in [1.54, 1.807) is 0 Å². The van der Waals surface area contributed by atoms with E-state index in [0.717, 1.165) is 0 Å². The Morgan fingerprint density at radius 1 is 1.43 bits per heavy atom. The second-order valence-corrected chi connectivity index (χ2v) is 6.01. The molecule has 0 saturated heterocycles. The highest BCUT2D eigenvalue weighted by molar-refractivity contribution is 5.70. The van der Waals surface area contributed by atoms with Crippen LogP contribution in [0.4, 0.5) is 0 Å². The van der Waals surface area contributed by atoms with Crippen molar-refractivity contribution in [2.75, 3.05) is 0 Å². The molecule has 1 aliphatic rings. The largest absolute Gasteiger partial charge is 0.460 e. The third kappa shape index (κ3) is 3.00. The van der Waals surface area contributed by atoms with E-state index in [1.165, 1.54) is 12.8 Å². The van der Waals surface area contributed by atoms with Crippen molar-refractivity contribution >= 4 is 5.97 Å². The number of esters is 1. The lowest BCUT2D eigenvalue weighted by Crippen LogP contribution is -2.37. The molecule has 0 bridgehead atoms. The molecule has 0 heterocycles. The summed E-state index contributed by atoms with van der Waals surface area (Å²) in [6.45, 7) is 10.2. The summed E-state index contributed by atoms with van der Waals surface area (Å²) in [6, 6.07) is 0. The third-order valence-electron chi connectivity index (χ3n) is 3.08. The molecule has 2 nitrogen and oxygen atoms in total. The van der Waals surface area contributed by atoms with Crippen molar-refractivity contribution in [3.8, 4) is 0 Å². The fourth-order valence-electron chi connectivity index (χ4n) is 1.89.